The van der Waals surface area contributed by atoms with Crippen molar-refractivity contribution in [2.24, 2.45) is 0 Å². The number of nitrogens with one attached hydrogen (secondary N) is 2. The summed E-state index contributed by atoms with van der Waals surface area (Å²) in [7, 11) is 0. The Kier molecular flexibility index (Phi) is 6.90. The van der Waals surface area contributed by atoms with Crippen LogP contribution >= 0.6 is 0 Å². The fourth-order valence-electron chi connectivity index (χ4n) is 3.32. The highest BCUT2D eigenvalue weighted by Gasteiger charge is 2.15. The summed E-state index contributed by atoms with van der Waals surface area (Å²) in [5.74, 6) is -0.435. The van der Waals surface area contributed by atoms with Crippen molar-refractivity contribution in [3.8, 4) is 16.9 Å². The Morgan fingerprint density at radius 1 is 0.818 bits per heavy atom. The summed E-state index contributed by atoms with van der Waals surface area (Å²) >= 11 is 0. The van der Waals surface area contributed by atoms with Gasteiger partial charge in [-0.3, -0.25) is 9.59 Å². The molecule has 1 aromatic heterocycles. The molecule has 4 aromatic rings. The van der Waals surface area contributed by atoms with Gasteiger partial charge in [-0.25, -0.2) is 9.07 Å². The first-order valence-electron chi connectivity index (χ1n) is 10.6. The van der Waals surface area contributed by atoms with Gasteiger partial charge in [0.05, 0.1) is 11.4 Å². The highest BCUT2D eigenvalue weighted by Crippen LogP contribution is 2.25. The zero-order valence-electron chi connectivity index (χ0n) is 17.9. The van der Waals surface area contributed by atoms with Gasteiger partial charge in [-0.15, -0.1) is 0 Å². The zero-order valence-corrected chi connectivity index (χ0v) is 17.9. The van der Waals surface area contributed by atoms with Crippen molar-refractivity contribution in [3.63, 3.8) is 0 Å². The van der Waals surface area contributed by atoms with Gasteiger partial charge in [0.25, 0.3) is 0 Å². The number of nitrogens with zero attached hydrogens (tertiary/aromatic N) is 2. The zero-order chi connectivity index (χ0) is 23.0. The minimum absolute atomic E-state index is 0.0237. The molecule has 6 nitrogen and oxygen atoms in total. The van der Waals surface area contributed by atoms with Gasteiger partial charge in [-0.1, -0.05) is 60.7 Å². The number of amides is 2. The fourth-order valence-corrected chi connectivity index (χ4v) is 3.32. The second-order valence-corrected chi connectivity index (χ2v) is 7.48. The lowest BCUT2D eigenvalue weighted by atomic mass is 10.1. The molecule has 0 aliphatic rings. The predicted octanol–water partition coefficient (Wildman–Crippen LogP) is 4.71. The van der Waals surface area contributed by atoms with Crippen LogP contribution in [0.4, 0.5) is 10.2 Å². The van der Waals surface area contributed by atoms with Gasteiger partial charge in [0.15, 0.2) is 0 Å². The Bertz CT molecular complexity index is 1220. The van der Waals surface area contributed by atoms with Crippen molar-refractivity contribution in [1.82, 2.24) is 15.1 Å². The smallest absolute Gasteiger partial charge is 0.226 e. The van der Waals surface area contributed by atoms with Crippen LogP contribution in [0.15, 0.2) is 91.0 Å². The molecule has 0 saturated heterocycles. The Hall–Kier alpha value is -4.26. The maximum atomic E-state index is 13.4. The molecule has 166 valence electrons. The van der Waals surface area contributed by atoms with E-state index in [0.717, 1.165) is 11.1 Å². The summed E-state index contributed by atoms with van der Waals surface area (Å²) in [5.41, 5.74) is 3.14. The highest BCUT2D eigenvalue weighted by atomic mass is 19.1. The summed E-state index contributed by atoms with van der Waals surface area (Å²) in [6, 6.07) is 26.7. The summed E-state index contributed by atoms with van der Waals surface area (Å²) in [6.45, 7) is 0.416. The number of aromatic nitrogens is 2. The van der Waals surface area contributed by atoms with Crippen LogP contribution in [0.5, 0.6) is 0 Å². The fraction of sp³-hybridized carbons (Fsp3) is 0.115. The third-order valence-electron chi connectivity index (χ3n) is 5.03. The van der Waals surface area contributed by atoms with Crippen LogP contribution in [0.1, 0.15) is 18.4 Å². The SMILES string of the molecule is O=C(CCC(=O)Nc1cc(-c2ccccc2)nn1-c1ccc(F)cc1)NCc1ccccc1. The number of benzene rings is 3. The second kappa shape index (κ2) is 10.4. The molecule has 2 N–H and O–H groups in total. The Morgan fingerprint density at radius 3 is 2.15 bits per heavy atom. The van der Waals surface area contributed by atoms with Gasteiger partial charge < -0.3 is 10.6 Å². The molecule has 3 aromatic carbocycles. The van der Waals surface area contributed by atoms with Gasteiger partial charge in [0, 0.05) is 31.0 Å². The van der Waals surface area contributed by atoms with E-state index in [1.807, 2.05) is 60.7 Å². The first kappa shape index (κ1) is 22.0. The molecular weight excluding hydrogens is 419 g/mol. The van der Waals surface area contributed by atoms with Crippen molar-refractivity contribution in [1.29, 1.82) is 0 Å². The largest absolute Gasteiger partial charge is 0.352 e. The quantitative estimate of drug-likeness (QED) is 0.415. The van der Waals surface area contributed by atoms with E-state index in [1.54, 1.807) is 22.9 Å². The molecule has 33 heavy (non-hydrogen) atoms. The van der Waals surface area contributed by atoms with Crippen molar-refractivity contribution < 1.29 is 14.0 Å². The van der Waals surface area contributed by atoms with E-state index in [9.17, 15) is 14.0 Å². The number of carbonyl (C=O) groups excluding carboxylic acids is 2. The standard InChI is InChI=1S/C26H23FN4O2/c27-21-11-13-22(14-12-21)31-24(17-23(30-31)20-9-5-2-6-10-20)29-26(33)16-15-25(32)28-18-19-7-3-1-4-8-19/h1-14,17H,15-16,18H2,(H,28,32)(H,29,33). The van der Waals surface area contributed by atoms with E-state index < -0.39 is 0 Å². The molecule has 4 rings (SSSR count). The molecule has 1 heterocycles. The van der Waals surface area contributed by atoms with Crippen LogP contribution in [0.2, 0.25) is 0 Å². The number of halogens is 1. The Labute approximate surface area is 191 Å². The summed E-state index contributed by atoms with van der Waals surface area (Å²) < 4.78 is 14.9. The van der Waals surface area contributed by atoms with Crippen LogP contribution in [-0.2, 0) is 16.1 Å². The molecule has 7 heteroatoms. The molecule has 0 aliphatic carbocycles. The number of hydrogen-bond acceptors (Lipinski definition) is 3. The summed E-state index contributed by atoms with van der Waals surface area (Å²) in [5, 5.41) is 10.2. The van der Waals surface area contributed by atoms with Crippen LogP contribution < -0.4 is 10.6 Å². The predicted molar refractivity (Wildman–Crippen MR) is 125 cm³/mol. The lowest BCUT2D eigenvalue weighted by Gasteiger charge is -2.09. The maximum Gasteiger partial charge on any atom is 0.226 e. The van der Waals surface area contributed by atoms with Crippen molar-refractivity contribution in [3.05, 3.63) is 102 Å². The van der Waals surface area contributed by atoms with E-state index in [2.05, 4.69) is 15.7 Å². The number of anilines is 1. The Morgan fingerprint density at radius 2 is 1.45 bits per heavy atom. The van der Waals surface area contributed by atoms with Gasteiger partial charge in [0.2, 0.25) is 11.8 Å². The van der Waals surface area contributed by atoms with Crippen molar-refractivity contribution in [2.45, 2.75) is 19.4 Å². The average molecular weight is 442 g/mol. The minimum atomic E-state index is -0.360. The molecular formula is C26H23FN4O2. The van der Waals surface area contributed by atoms with Gasteiger partial charge in [0.1, 0.15) is 11.6 Å². The topological polar surface area (TPSA) is 76.0 Å². The minimum Gasteiger partial charge on any atom is -0.352 e. The Balaban J connectivity index is 1.43. The second-order valence-electron chi connectivity index (χ2n) is 7.48. The highest BCUT2D eigenvalue weighted by molar-refractivity contribution is 5.93. The summed E-state index contributed by atoms with van der Waals surface area (Å²) in [4.78, 5) is 24.7. The van der Waals surface area contributed by atoms with Crippen LogP contribution in [0.25, 0.3) is 16.9 Å². The van der Waals surface area contributed by atoms with Crippen LogP contribution in [0, 0.1) is 5.82 Å². The average Bonchev–Trinajstić information content (AvgIpc) is 3.27. The van der Waals surface area contributed by atoms with Crippen molar-refractivity contribution >= 4 is 17.6 Å². The normalized spacial score (nSPS) is 10.6. The molecule has 2 amide bonds. The third-order valence-corrected chi connectivity index (χ3v) is 5.03. The summed E-state index contributed by atoms with van der Waals surface area (Å²) in [6.07, 6.45) is 0.0881. The van der Waals surface area contributed by atoms with Gasteiger partial charge in [-0.05, 0) is 29.8 Å². The molecule has 0 fully saturated rings. The lowest BCUT2D eigenvalue weighted by Crippen LogP contribution is -2.24. The molecule has 0 aliphatic heterocycles. The van der Waals surface area contributed by atoms with E-state index in [1.165, 1.54) is 12.1 Å². The lowest BCUT2D eigenvalue weighted by molar-refractivity contribution is -0.124. The molecule has 0 saturated carbocycles. The molecule has 0 spiro atoms. The number of rotatable bonds is 8. The monoisotopic (exact) mass is 442 g/mol. The maximum absolute atomic E-state index is 13.4. The van der Waals surface area contributed by atoms with Crippen LogP contribution in [-0.4, -0.2) is 21.6 Å². The van der Waals surface area contributed by atoms with Gasteiger partial charge in [-0.2, -0.15) is 5.10 Å². The van der Waals surface area contributed by atoms with Crippen LogP contribution in [0.3, 0.4) is 0 Å². The molecule has 0 unspecified atom stereocenters. The first-order chi connectivity index (χ1) is 16.1. The van der Waals surface area contributed by atoms with E-state index in [-0.39, 0.29) is 30.5 Å². The molecule has 0 radical (unpaired) electrons. The number of carbonyl (C=O) groups is 2. The van der Waals surface area contributed by atoms with Gasteiger partial charge >= 0.3 is 0 Å². The van der Waals surface area contributed by atoms with E-state index >= 15 is 0 Å². The number of hydrogen-bond donors (Lipinski definition) is 2. The molecule has 0 atom stereocenters. The first-order valence-corrected chi connectivity index (χ1v) is 10.6. The van der Waals surface area contributed by atoms with Crippen molar-refractivity contribution in [2.75, 3.05) is 5.32 Å². The third kappa shape index (κ3) is 5.92. The van der Waals surface area contributed by atoms with E-state index in [4.69, 9.17) is 0 Å². The molecule has 0 bridgehead atoms. The van der Waals surface area contributed by atoms with E-state index in [0.29, 0.717) is 23.7 Å².